The Hall–Kier alpha value is -2.59. The molecule has 6 nitrogen and oxygen atoms in total. The highest BCUT2D eigenvalue weighted by Crippen LogP contribution is 2.43. The van der Waals surface area contributed by atoms with Crippen LogP contribution in [-0.4, -0.2) is 40.7 Å². The van der Waals surface area contributed by atoms with Crippen LogP contribution >= 0.6 is 0 Å². The van der Waals surface area contributed by atoms with Crippen LogP contribution in [0.2, 0.25) is 0 Å². The van der Waals surface area contributed by atoms with Crippen LogP contribution in [0.4, 0.5) is 13.2 Å². The molecule has 35 heavy (non-hydrogen) atoms. The molecule has 1 heterocycles. The first-order valence-electron chi connectivity index (χ1n) is 11.3. The Morgan fingerprint density at radius 1 is 1.17 bits per heavy atom. The van der Waals surface area contributed by atoms with E-state index in [9.17, 15) is 26.4 Å². The monoisotopic (exact) mass is 514 g/mol. The van der Waals surface area contributed by atoms with Crippen molar-refractivity contribution in [2.75, 3.05) is 20.8 Å². The molecule has 10 heteroatoms. The summed E-state index contributed by atoms with van der Waals surface area (Å²) in [6, 6.07) is 12.7. The lowest BCUT2D eigenvalue weighted by Crippen LogP contribution is -2.23. The molecule has 0 aromatic heterocycles. The van der Waals surface area contributed by atoms with Crippen molar-refractivity contribution in [3.8, 4) is 16.9 Å². The largest absolute Gasteiger partial charge is 0.523 e. The van der Waals surface area contributed by atoms with E-state index in [1.807, 2.05) is 0 Å². The zero-order chi connectivity index (χ0) is 25.8. The third-order valence-corrected chi connectivity index (χ3v) is 7.15. The molecule has 0 radical (unpaired) electrons. The Balaban J connectivity index is 0.000000327. The fourth-order valence-corrected chi connectivity index (χ4v) is 4.37. The Labute approximate surface area is 203 Å². The van der Waals surface area contributed by atoms with Gasteiger partial charge in [-0.1, -0.05) is 37.1 Å². The van der Waals surface area contributed by atoms with E-state index in [4.69, 9.17) is 9.47 Å². The second-order valence-corrected chi connectivity index (χ2v) is 10.3. The number of rotatable bonds is 6. The lowest BCUT2D eigenvalue weighted by molar-refractivity contribution is -0.142. The number of esters is 1. The van der Waals surface area contributed by atoms with Gasteiger partial charge in [0.1, 0.15) is 5.75 Å². The summed E-state index contributed by atoms with van der Waals surface area (Å²) in [6.45, 7) is 2.90. The van der Waals surface area contributed by atoms with Crippen LogP contribution in [0.3, 0.4) is 0 Å². The normalized spacial score (nSPS) is 16.3. The lowest BCUT2D eigenvalue weighted by atomic mass is 9.83. The molecular formula is C25H29F3O6S. The van der Waals surface area contributed by atoms with Gasteiger partial charge in [-0.2, -0.15) is 21.6 Å². The average Bonchev–Trinajstić information content (AvgIpc) is 3.66. The number of ether oxygens (including phenoxy) is 2. The van der Waals surface area contributed by atoms with Gasteiger partial charge in [-0.25, -0.2) is 0 Å². The summed E-state index contributed by atoms with van der Waals surface area (Å²) in [4.78, 5) is 12.6. The summed E-state index contributed by atoms with van der Waals surface area (Å²) >= 11 is 0. The fraction of sp³-hybridized carbons (Fsp3) is 0.480. The minimum atomic E-state index is -5.34. The summed E-state index contributed by atoms with van der Waals surface area (Å²) in [7, 11) is -3.39. The van der Waals surface area contributed by atoms with Crippen LogP contribution in [0.1, 0.15) is 48.3 Å². The maximum atomic E-state index is 12.6. The summed E-state index contributed by atoms with van der Waals surface area (Å²) in [5.74, 6) is 1.35. The van der Waals surface area contributed by atoms with Crippen molar-refractivity contribution < 1.29 is 40.0 Å². The number of aryl methyl sites for hydroxylation is 2. The van der Waals surface area contributed by atoms with E-state index in [0.29, 0.717) is 13.0 Å². The first-order chi connectivity index (χ1) is 16.5. The van der Waals surface area contributed by atoms with E-state index in [1.54, 1.807) is 0 Å². The lowest BCUT2D eigenvalue weighted by Gasteiger charge is -2.23. The minimum Gasteiger partial charge on any atom is -0.493 e. The van der Waals surface area contributed by atoms with Crippen LogP contribution in [-0.2, 0) is 30.3 Å². The van der Waals surface area contributed by atoms with Gasteiger partial charge in [0.25, 0.3) is 0 Å². The topological polar surface area (TPSA) is 78.9 Å². The van der Waals surface area contributed by atoms with Crippen molar-refractivity contribution in [3.63, 3.8) is 0 Å². The Morgan fingerprint density at radius 2 is 1.89 bits per heavy atom. The van der Waals surface area contributed by atoms with Crippen molar-refractivity contribution in [3.05, 3.63) is 53.1 Å². The van der Waals surface area contributed by atoms with Crippen LogP contribution in [0.5, 0.6) is 5.75 Å². The number of carbonyl (C=O) groups is 1. The molecule has 1 fully saturated rings. The maximum Gasteiger partial charge on any atom is 0.523 e. The average molecular weight is 515 g/mol. The zero-order valence-electron chi connectivity index (χ0n) is 19.9. The number of hydrogen-bond donors (Lipinski definition) is 0. The van der Waals surface area contributed by atoms with Gasteiger partial charge in [0.15, 0.2) is 0 Å². The van der Waals surface area contributed by atoms with Gasteiger partial charge in [-0.3, -0.25) is 8.98 Å². The number of alkyl halides is 3. The summed E-state index contributed by atoms with van der Waals surface area (Å²) in [5.41, 5.74) is 0.558. The third kappa shape index (κ3) is 6.55. The van der Waals surface area contributed by atoms with E-state index < -0.39 is 15.6 Å². The van der Waals surface area contributed by atoms with Gasteiger partial charge < -0.3 is 9.47 Å². The van der Waals surface area contributed by atoms with Crippen molar-refractivity contribution >= 4 is 16.1 Å². The number of fused-ring (bicyclic) bond motifs is 1. The van der Waals surface area contributed by atoms with Gasteiger partial charge in [-0.15, -0.1) is 0 Å². The van der Waals surface area contributed by atoms with Crippen LogP contribution in [0.25, 0.3) is 11.1 Å². The summed E-state index contributed by atoms with van der Waals surface area (Å²) in [6.07, 6.45) is 5.45. The molecule has 192 valence electrons. The highest BCUT2D eigenvalue weighted by molar-refractivity contribution is 7.87. The highest BCUT2D eigenvalue weighted by atomic mass is 32.2. The maximum absolute atomic E-state index is 12.6. The van der Waals surface area contributed by atoms with Gasteiger partial charge >= 0.3 is 21.6 Å². The van der Waals surface area contributed by atoms with Crippen LogP contribution < -0.4 is 4.74 Å². The smallest absolute Gasteiger partial charge is 0.493 e. The predicted molar refractivity (Wildman–Crippen MR) is 125 cm³/mol. The molecule has 1 aliphatic heterocycles. The molecule has 2 aromatic rings. The third-order valence-electron chi connectivity index (χ3n) is 6.15. The molecule has 0 spiro atoms. The van der Waals surface area contributed by atoms with Crippen LogP contribution in [0.15, 0.2) is 36.4 Å². The van der Waals surface area contributed by atoms with Crippen molar-refractivity contribution in [1.82, 2.24) is 0 Å². The Morgan fingerprint density at radius 3 is 2.46 bits per heavy atom. The zero-order valence-corrected chi connectivity index (χ0v) is 20.7. The predicted octanol–water partition coefficient (Wildman–Crippen LogP) is 5.53. The summed E-state index contributed by atoms with van der Waals surface area (Å²) < 4.78 is 66.8. The second-order valence-electron chi connectivity index (χ2n) is 8.63. The minimum absolute atomic E-state index is 0.117. The van der Waals surface area contributed by atoms with Gasteiger partial charge in [0, 0.05) is 0 Å². The van der Waals surface area contributed by atoms with Gasteiger partial charge in [0.2, 0.25) is 0 Å². The SMILES string of the molecule is COC(=O)C(CC1CC1)c1c(C)cccc1-c1ccc2c(c1)CCCO2.COS(=O)(=O)C(F)(F)F. The highest BCUT2D eigenvalue weighted by Gasteiger charge is 2.46. The first kappa shape index (κ1) is 27.0. The van der Waals surface area contributed by atoms with Crippen molar-refractivity contribution in [2.45, 2.75) is 50.5 Å². The van der Waals surface area contributed by atoms with Crippen LogP contribution in [0, 0.1) is 12.8 Å². The molecule has 0 amide bonds. The summed E-state index contributed by atoms with van der Waals surface area (Å²) in [5, 5.41) is 0. The Bertz CT molecular complexity index is 1160. The van der Waals surface area contributed by atoms with E-state index in [1.165, 1.54) is 25.5 Å². The van der Waals surface area contributed by atoms with Crippen molar-refractivity contribution in [2.24, 2.45) is 5.92 Å². The molecule has 0 saturated heterocycles. The van der Waals surface area contributed by atoms with Gasteiger partial charge in [-0.05, 0) is 72.1 Å². The number of hydrogen-bond acceptors (Lipinski definition) is 6. The Kier molecular flexibility index (Phi) is 8.48. The van der Waals surface area contributed by atoms with E-state index in [0.717, 1.165) is 53.9 Å². The molecule has 1 aliphatic carbocycles. The number of methoxy groups -OCH3 is 1. The number of carbonyl (C=O) groups excluding carboxylic acids is 1. The number of benzene rings is 2. The molecule has 0 bridgehead atoms. The quantitative estimate of drug-likeness (QED) is 0.287. The second kappa shape index (κ2) is 11.0. The molecule has 4 rings (SSSR count). The molecule has 0 N–H and O–H groups in total. The molecule has 2 aliphatic rings. The molecule has 1 unspecified atom stereocenters. The van der Waals surface area contributed by atoms with E-state index in [-0.39, 0.29) is 11.9 Å². The van der Waals surface area contributed by atoms with E-state index in [2.05, 4.69) is 47.5 Å². The van der Waals surface area contributed by atoms with Crippen molar-refractivity contribution in [1.29, 1.82) is 0 Å². The fourth-order valence-electron chi connectivity index (χ4n) is 4.18. The number of halogens is 3. The molecule has 2 aromatic carbocycles. The molecule has 1 saturated carbocycles. The van der Waals surface area contributed by atoms with E-state index >= 15 is 0 Å². The molecular weight excluding hydrogens is 485 g/mol. The molecule has 1 atom stereocenters. The van der Waals surface area contributed by atoms with Gasteiger partial charge in [0.05, 0.1) is 26.7 Å². The standard InChI is InChI=1S/C23H26O3.C2H3F3O3S/c1-15-5-3-7-19(17-10-11-21-18(14-17)6-4-12-26-21)22(15)20(23(24)25-2)13-16-8-9-16;1-8-9(6,7)2(3,4)5/h3,5,7,10-11,14,16,20H,4,6,8-9,12-13H2,1-2H3;1H3. The first-order valence-corrected chi connectivity index (χ1v) is 12.7.